The first-order valence-corrected chi connectivity index (χ1v) is 9.10. The number of fused-ring (bicyclic) bond motifs is 1. The number of ether oxygens (including phenoxy) is 4. The highest BCUT2D eigenvalue weighted by Gasteiger charge is 2.14. The zero-order valence-electron chi connectivity index (χ0n) is 15.3. The molecule has 0 unspecified atom stereocenters. The van der Waals surface area contributed by atoms with Crippen LogP contribution in [-0.2, 0) is 20.7 Å². The van der Waals surface area contributed by atoms with Crippen molar-refractivity contribution in [3.05, 3.63) is 47.0 Å². The molecule has 0 saturated carbocycles. The number of hydrogen-bond acceptors (Lipinski definition) is 6. The van der Waals surface area contributed by atoms with Gasteiger partial charge in [0.15, 0.2) is 18.1 Å². The van der Waals surface area contributed by atoms with Crippen LogP contribution in [0.4, 0.5) is 5.69 Å². The Bertz CT molecular complexity index is 870. The summed E-state index contributed by atoms with van der Waals surface area (Å²) in [5, 5.41) is 3.15. The summed E-state index contributed by atoms with van der Waals surface area (Å²) < 4.78 is 21.4. The molecule has 0 bridgehead atoms. The van der Waals surface area contributed by atoms with Crippen LogP contribution in [0.5, 0.6) is 17.2 Å². The number of nitrogens with one attached hydrogen (secondary N) is 1. The molecule has 0 aliphatic carbocycles. The number of rotatable bonds is 6. The average Bonchev–Trinajstić information content (AvgIpc) is 2.91. The number of esters is 1. The quantitative estimate of drug-likeness (QED) is 0.743. The lowest BCUT2D eigenvalue weighted by Crippen LogP contribution is -2.21. The van der Waals surface area contributed by atoms with Gasteiger partial charge in [-0.25, -0.2) is 0 Å². The van der Waals surface area contributed by atoms with Gasteiger partial charge in [0.1, 0.15) is 5.75 Å². The molecule has 0 aromatic heterocycles. The minimum absolute atomic E-state index is 0.0545. The van der Waals surface area contributed by atoms with Crippen LogP contribution in [0.25, 0.3) is 0 Å². The average molecular weight is 406 g/mol. The van der Waals surface area contributed by atoms with Crippen molar-refractivity contribution in [1.82, 2.24) is 0 Å². The topological polar surface area (TPSA) is 83.1 Å². The zero-order valence-corrected chi connectivity index (χ0v) is 16.1. The van der Waals surface area contributed by atoms with Gasteiger partial charge in [0, 0.05) is 28.8 Å². The van der Waals surface area contributed by atoms with Gasteiger partial charge in [-0.1, -0.05) is 11.6 Å². The van der Waals surface area contributed by atoms with Crippen molar-refractivity contribution in [2.24, 2.45) is 0 Å². The van der Waals surface area contributed by atoms with Crippen LogP contribution in [0.15, 0.2) is 36.4 Å². The molecule has 1 aliphatic heterocycles. The molecule has 28 heavy (non-hydrogen) atoms. The number of hydrogen-bond donors (Lipinski definition) is 1. The first-order valence-electron chi connectivity index (χ1n) is 8.72. The number of methoxy groups -OCH3 is 1. The van der Waals surface area contributed by atoms with E-state index in [2.05, 4.69) is 5.32 Å². The van der Waals surface area contributed by atoms with Gasteiger partial charge < -0.3 is 24.3 Å². The Labute approximate surface area is 167 Å². The Morgan fingerprint density at radius 3 is 2.68 bits per heavy atom. The molecule has 0 saturated heterocycles. The third kappa shape index (κ3) is 5.29. The molecule has 1 N–H and O–H groups in total. The third-order valence-electron chi connectivity index (χ3n) is 3.97. The summed E-state index contributed by atoms with van der Waals surface area (Å²) >= 11 is 5.94. The summed E-state index contributed by atoms with van der Waals surface area (Å²) in [4.78, 5) is 24.1. The molecule has 1 amide bonds. The predicted molar refractivity (Wildman–Crippen MR) is 103 cm³/mol. The molecule has 2 aromatic rings. The highest BCUT2D eigenvalue weighted by atomic mass is 35.5. The van der Waals surface area contributed by atoms with Gasteiger partial charge in [0.05, 0.1) is 26.7 Å². The first kappa shape index (κ1) is 19.8. The second kappa shape index (κ2) is 9.32. The van der Waals surface area contributed by atoms with Crippen LogP contribution < -0.4 is 19.5 Å². The first-order chi connectivity index (χ1) is 13.5. The molecule has 0 radical (unpaired) electrons. The van der Waals surface area contributed by atoms with E-state index in [4.69, 9.17) is 30.5 Å². The van der Waals surface area contributed by atoms with Crippen LogP contribution >= 0.6 is 11.6 Å². The smallest absolute Gasteiger partial charge is 0.310 e. The van der Waals surface area contributed by atoms with Crippen molar-refractivity contribution in [3.8, 4) is 17.2 Å². The summed E-state index contributed by atoms with van der Waals surface area (Å²) in [5.41, 5.74) is 1.12. The van der Waals surface area contributed by atoms with E-state index in [-0.39, 0.29) is 6.42 Å². The number of benzene rings is 2. The van der Waals surface area contributed by atoms with Crippen molar-refractivity contribution in [2.75, 3.05) is 32.2 Å². The van der Waals surface area contributed by atoms with Crippen LogP contribution in [0, 0.1) is 0 Å². The minimum atomic E-state index is -0.561. The standard InChI is InChI=1S/C20H20ClNO6/c1-25-16-5-3-14(21)9-13(16)10-20(24)28-12-19(23)22-15-4-6-17-18(11-15)27-8-2-7-26-17/h3-6,9,11H,2,7-8,10,12H2,1H3,(H,22,23). The fourth-order valence-electron chi connectivity index (χ4n) is 2.68. The van der Waals surface area contributed by atoms with Gasteiger partial charge >= 0.3 is 5.97 Å². The maximum Gasteiger partial charge on any atom is 0.310 e. The van der Waals surface area contributed by atoms with Crippen LogP contribution in [0.3, 0.4) is 0 Å². The molecule has 148 valence electrons. The number of carbonyl (C=O) groups excluding carboxylic acids is 2. The van der Waals surface area contributed by atoms with E-state index >= 15 is 0 Å². The van der Waals surface area contributed by atoms with E-state index in [1.54, 1.807) is 36.4 Å². The summed E-state index contributed by atoms with van der Waals surface area (Å²) in [7, 11) is 1.50. The lowest BCUT2D eigenvalue weighted by molar-refractivity contribution is -0.146. The second-order valence-corrected chi connectivity index (χ2v) is 6.49. The molecule has 8 heteroatoms. The van der Waals surface area contributed by atoms with Gasteiger partial charge in [0.2, 0.25) is 0 Å². The molecule has 0 fully saturated rings. The summed E-state index contributed by atoms with van der Waals surface area (Å²) in [6.45, 7) is 0.733. The van der Waals surface area contributed by atoms with Crippen molar-refractivity contribution in [3.63, 3.8) is 0 Å². The van der Waals surface area contributed by atoms with E-state index in [0.717, 1.165) is 6.42 Å². The number of carbonyl (C=O) groups is 2. The lowest BCUT2D eigenvalue weighted by Gasteiger charge is -2.11. The van der Waals surface area contributed by atoms with Crippen molar-refractivity contribution in [2.45, 2.75) is 12.8 Å². The maximum absolute atomic E-state index is 12.1. The van der Waals surface area contributed by atoms with E-state index < -0.39 is 18.5 Å². The summed E-state index contributed by atoms with van der Waals surface area (Å²) in [6.07, 6.45) is 0.741. The van der Waals surface area contributed by atoms with Crippen LogP contribution in [0.1, 0.15) is 12.0 Å². The fraction of sp³-hybridized carbons (Fsp3) is 0.300. The Kier molecular flexibility index (Phi) is 6.60. The summed E-state index contributed by atoms with van der Waals surface area (Å²) in [6, 6.07) is 10.1. The van der Waals surface area contributed by atoms with E-state index in [1.807, 2.05) is 0 Å². The van der Waals surface area contributed by atoms with Crippen LogP contribution in [-0.4, -0.2) is 38.8 Å². The van der Waals surface area contributed by atoms with E-state index in [0.29, 0.717) is 46.7 Å². The third-order valence-corrected chi connectivity index (χ3v) is 4.21. The number of anilines is 1. The number of halogens is 1. The molecular weight excluding hydrogens is 386 g/mol. The summed E-state index contributed by atoms with van der Waals surface area (Å²) in [5.74, 6) is 0.714. The molecule has 2 aromatic carbocycles. The molecule has 1 heterocycles. The molecule has 0 spiro atoms. The Morgan fingerprint density at radius 2 is 1.89 bits per heavy atom. The van der Waals surface area contributed by atoms with Crippen molar-refractivity contribution in [1.29, 1.82) is 0 Å². The Morgan fingerprint density at radius 1 is 1.11 bits per heavy atom. The van der Waals surface area contributed by atoms with E-state index in [9.17, 15) is 9.59 Å². The normalized spacial score (nSPS) is 12.6. The fourth-order valence-corrected chi connectivity index (χ4v) is 2.87. The van der Waals surface area contributed by atoms with Crippen molar-refractivity contribution >= 4 is 29.2 Å². The SMILES string of the molecule is COc1ccc(Cl)cc1CC(=O)OCC(=O)Nc1ccc2c(c1)OCCCO2. The van der Waals surface area contributed by atoms with Gasteiger partial charge in [-0.3, -0.25) is 9.59 Å². The molecule has 7 nitrogen and oxygen atoms in total. The number of amides is 1. The monoisotopic (exact) mass is 405 g/mol. The Hall–Kier alpha value is -2.93. The second-order valence-electron chi connectivity index (χ2n) is 6.05. The highest BCUT2D eigenvalue weighted by Crippen LogP contribution is 2.32. The molecular formula is C20H20ClNO6. The molecule has 0 atom stereocenters. The molecule has 3 rings (SSSR count). The van der Waals surface area contributed by atoms with E-state index in [1.165, 1.54) is 7.11 Å². The van der Waals surface area contributed by atoms with Gasteiger partial charge in [0.25, 0.3) is 5.91 Å². The zero-order chi connectivity index (χ0) is 19.9. The van der Waals surface area contributed by atoms with Gasteiger partial charge in [-0.05, 0) is 30.3 Å². The highest BCUT2D eigenvalue weighted by molar-refractivity contribution is 6.30. The predicted octanol–water partition coefficient (Wildman–Crippen LogP) is 3.23. The minimum Gasteiger partial charge on any atom is -0.496 e. The van der Waals surface area contributed by atoms with Crippen molar-refractivity contribution < 1.29 is 28.5 Å². The Balaban J connectivity index is 1.52. The molecule has 1 aliphatic rings. The van der Waals surface area contributed by atoms with Crippen LogP contribution in [0.2, 0.25) is 5.02 Å². The van der Waals surface area contributed by atoms with Gasteiger partial charge in [-0.15, -0.1) is 0 Å². The largest absolute Gasteiger partial charge is 0.496 e. The maximum atomic E-state index is 12.1. The lowest BCUT2D eigenvalue weighted by atomic mass is 10.1. The van der Waals surface area contributed by atoms with Gasteiger partial charge in [-0.2, -0.15) is 0 Å².